The van der Waals surface area contributed by atoms with Gasteiger partial charge in [0.2, 0.25) is 0 Å². The Bertz CT molecular complexity index is 104. The van der Waals surface area contributed by atoms with E-state index in [2.05, 4.69) is 6.26 Å². The van der Waals surface area contributed by atoms with Crippen molar-refractivity contribution in [2.45, 2.75) is 18.6 Å². The van der Waals surface area contributed by atoms with Crippen LogP contribution in [0.1, 0.15) is 13.3 Å². The number of ketones is 1. The Morgan fingerprint density at radius 2 is 2.10 bits per heavy atom. The van der Waals surface area contributed by atoms with Crippen LogP contribution in [-0.4, -0.2) is 29.3 Å². The fraction of sp³-hybridized carbons (Fsp3) is 0.857. The molecule has 1 unspecified atom stereocenters. The Balaban J connectivity index is 3.50. The molecule has 0 amide bonds. The van der Waals surface area contributed by atoms with Crippen LogP contribution in [0.4, 0.5) is 0 Å². The van der Waals surface area contributed by atoms with Crippen molar-refractivity contribution >= 4 is 29.3 Å². The molecule has 60 valence electrons. The Kier molecular flexibility index (Phi) is 6.33. The molecule has 3 heteroatoms. The summed E-state index contributed by atoms with van der Waals surface area (Å²) in [5.74, 6) is 1.40. The molecule has 10 heavy (non-hydrogen) atoms. The SMILES string of the molecule is CSCCC(SC)C(C)=O. The predicted octanol–water partition coefficient (Wildman–Crippen LogP) is 2.06. The monoisotopic (exact) mass is 178 g/mol. The maximum Gasteiger partial charge on any atom is 0.142 e. The summed E-state index contributed by atoms with van der Waals surface area (Å²) in [6.07, 6.45) is 5.07. The van der Waals surface area contributed by atoms with E-state index >= 15 is 0 Å². The number of carbonyl (C=O) groups is 1. The van der Waals surface area contributed by atoms with Gasteiger partial charge in [-0.3, -0.25) is 4.79 Å². The first-order valence-corrected chi connectivity index (χ1v) is 5.92. The number of rotatable bonds is 5. The van der Waals surface area contributed by atoms with Gasteiger partial charge in [0.15, 0.2) is 0 Å². The highest BCUT2D eigenvalue weighted by molar-refractivity contribution is 8.00. The highest BCUT2D eigenvalue weighted by atomic mass is 32.2. The quantitative estimate of drug-likeness (QED) is 0.641. The standard InChI is InChI=1S/C7H14OS2/c1-6(8)7(10-3)4-5-9-2/h7H,4-5H2,1-3H3. The molecule has 0 aromatic carbocycles. The van der Waals surface area contributed by atoms with Crippen molar-refractivity contribution < 1.29 is 4.79 Å². The number of thioether (sulfide) groups is 2. The summed E-state index contributed by atoms with van der Waals surface area (Å²) in [5, 5.41) is 0.229. The molecule has 0 aliphatic rings. The zero-order chi connectivity index (χ0) is 7.98. The molecule has 0 aliphatic carbocycles. The van der Waals surface area contributed by atoms with Gasteiger partial charge in [-0.05, 0) is 31.6 Å². The van der Waals surface area contributed by atoms with Crippen LogP contribution >= 0.6 is 23.5 Å². The van der Waals surface area contributed by atoms with Crippen molar-refractivity contribution in [3.8, 4) is 0 Å². The van der Waals surface area contributed by atoms with Gasteiger partial charge in [-0.15, -0.1) is 0 Å². The van der Waals surface area contributed by atoms with Gasteiger partial charge in [0.25, 0.3) is 0 Å². The zero-order valence-electron chi connectivity index (χ0n) is 6.72. The average Bonchev–Trinajstić information content (AvgIpc) is 1.89. The van der Waals surface area contributed by atoms with E-state index < -0.39 is 0 Å². The normalized spacial score (nSPS) is 13.1. The third kappa shape index (κ3) is 4.23. The minimum Gasteiger partial charge on any atom is -0.299 e. The third-order valence-electron chi connectivity index (χ3n) is 1.32. The zero-order valence-corrected chi connectivity index (χ0v) is 8.35. The fourth-order valence-electron chi connectivity index (χ4n) is 0.712. The van der Waals surface area contributed by atoms with Crippen LogP contribution in [0.25, 0.3) is 0 Å². The molecule has 0 fully saturated rings. The molecule has 0 aromatic heterocycles. The van der Waals surface area contributed by atoms with Crippen LogP contribution in [0, 0.1) is 0 Å². The Labute approximate surface area is 71.3 Å². The van der Waals surface area contributed by atoms with E-state index in [0.29, 0.717) is 5.78 Å². The summed E-state index contributed by atoms with van der Waals surface area (Å²) in [6, 6.07) is 0. The maximum atomic E-state index is 10.9. The molecule has 0 N–H and O–H groups in total. The lowest BCUT2D eigenvalue weighted by molar-refractivity contribution is -0.116. The lowest BCUT2D eigenvalue weighted by atomic mass is 10.2. The lowest BCUT2D eigenvalue weighted by Crippen LogP contribution is -2.13. The van der Waals surface area contributed by atoms with Crippen LogP contribution < -0.4 is 0 Å². The van der Waals surface area contributed by atoms with E-state index in [9.17, 15) is 4.79 Å². The van der Waals surface area contributed by atoms with Crippen molar-refractivity contribution in [3.05, 3.63) is 0 Å². The molecule has 1 nitrogen and oxygen atoms in total. The number of carbonyl (C=O) groups excluding carboxylic acids is 1. The lowest BCUT2D eigenvalue weighted by Gasteiger charge is -2.08. The van der Waals surface area contributed by atoms with Crippen molar-refractivity contribution in [1.82, 2.24) is 0 Å². The fourth-order valence-corrected chi connectivity index (χ4v) is 2.02. The van der Waals surface area contributed by atoms with Crippen LogP contribution in [0.2, 0.25) is 0 Å². The third-order valence-corrected chi connectivity index (χ3v) is 3.10. The molecule has 1 atom stereocenters. The van der Waals surface area contributed by atoms with E-state index in [0.717, 1.165) is 12.2 Å². The second-order valence-electron chi connectivity index (χ2n) is 2.12. The van der Waals surface area contributed by atoms with Gasteiger partial charge in [0, 0.05) is 0 Å². The molecule has 0 saturated carbocycles. The molecule has 0 rings (SSSR count). The first-order chi connectivity index (χ1) is 4.72. The highest BCUT2D eigenvalue weighted by Crippen LogP contribution is 2.13. The Morgan fingerprint density at radius 1 is 1.50 bits per heavy atom. The highest BCUT2D eigenvalue weighted by Gasteiger charge is 2.10. The molecular formula is C7H14OS2. The summed E-state index contributed by atoms with van der Waals surface area (Å²) in [5.41, 5.74) is 0. The first kappa shape index (κ1) is 10.4. The number of hydrogen-bond donors (Lipinski definition) is 0. The van der Waals surface area contributed by atoms with Gasteiger partial charge in [-0.25, -0.2) is 0 Å². The molecule has 0 aromatic rings. The van der Waals surface area contributed by atoms with Crippen molar-refractivity contribution in [3.63, 3.8) is 0 Å². The summed E-state index contributed by atoms with van der Waals surface area (Å²) in [4.78, 5) is 10.9. The maximum absolute atomic E-state index is 10.9. The van der Waals surface area contributed by atoms with Crippen molar-refractivity contribution in [2.24, 2.45) is 0 Å². The minimum atomic E-state index is 0.229. The van der Waals surface area contributed by atoms with Crippen molar-refractivity contribution in [1.29, 1.82) is 0 Å². The van der Waals surface area contributed by atoms with E-state index in [1.807, 2.05) is 6.26 Å². The largest absolute Gasteiger partial charge is 0.299 e. The molecule has 0 spiro atoms. The summed E-state index contributed by atoms with van der Waals surface area (Å²) < 4.78 is 0. The molecule has 0 aliphatic heterocycles. The predicted molar refractivity (Wildman–Crippen MR) is 51.0 cm³/mol. The van der Waals surface area contributed by atoms with Gasteiger partial charge >= 0.3 is 0 Å². The summed E-state index contributed by atoms with van der Waals surface area (Å²) in [7, 11) is 0. The Morgan fingerprint density at radius 3 is 2.40 bits per heavy atom. The number of Topliss-reactive ketones (excluding diaryl/α,β-unsaturated/α-hetero) is 1. The van der Waals surface area contributed by atoms with E-state index in [1.54, 1.807) is 30.4 Å². The molecule has 0 bridgehead atoms. The van der Waals surface area contributed by atoms with Crippen LogP contribution in [0.15, 0.2) is 0 Å². The van der Waals surface area contributed by atoms with Gasteiger partial charge < -0.3 is 0 Å². The van der Waals surface area contributed by atoms with Crippen LogP contribution in [0.5, 0.6) is 0 Å². The van der Waals surface area contributed by atoms with Gasteiger partial charge in [-0.2, -0.15) is 23.5 Å². The number of hydrogen-bond acceptors (Lipinski definition) is 3. The minimum absolute atomic E-state index is 0.229. The molecule has 0 saturated heterocycles. The molecule has 0 radical (unpaired) electrons. The second kappa shape index (κ2) is 6.10. The second-order valence-corrected chi connectivity index (χ2v) is 4.14. The molecular weight excluding hydrogens is 164 g/mol. The first-order valence-electron chi connectivity index (χ1n) is 3.24. The van der Waals surface area contributed by atoms with Gasteiger partial charge in [0.05, 0.1) is 5.25 Å². The van der Waals surface area contributed by atoms with E-state index in [4.69, 9.17) is 0 Å². The Hall–Kier alpha value is 0.370. The summed E-state index contributed by atoms with van der Waals surface area (Å²) in [6.45, 7) is 1.67. The van der Waals surface area contributed by atoms with Crippen molar-refractivity contribution in [2.75, 3.05) is 18.3 Å². The van der Waals surface area contributed by atoms with Crippen LogP contribution in [0.3, 0.4) is 0 Å². The van der Waals surface area contributed by atoms with Gasteiger partial charge in [-0.1, -0.05) is 0 Å². The van der Waals surface area contributed by atoms with E-state index in [-0.39, 0.29) is 5.25 Å². The topological polar surface area (TPSA) is 17.1 Å². The summed E-state index contributed by atoms with van der Waals surface area (Å²) >= 11 is 3.45. The smallest absolute Gasteiger partial charge is 0.142 e. The van der Waals surface area contributed by atoms with Gasteiger partial charge in [0.1, 0.15) is 5.78 Å². The van der Waals surface area contributed by atoms with E-state index in [1.165, 1.54) is 0 Å². The molecule has 0 heterocycles. The van der Waals surface area contributed by atoms with Crippen LogP contribution in [-0.2, 0) is 4.79 Å². The average molecular weight is 178 g/mol.